The van der Waals surface area contributed by atoms with Crippen molar-refractivity contribution in [3.8, 4) is 5.75 Å². The minimum absolute atomic E-state index is 0.519. The molecule has 0 aromatic heterocycles. The third-order valence-corrected chi connectivity index (χ3v) is 2.44. The molecular weight excluding hydrogens is 214 g/mol. The summed E-state index contributed by atoms with van der Waals surface area (Å²) in [6.45, 7) is 3.35. The lowest BCUT2D eigenvalue weighted by molar-refractivity contribution is 0.175. The second kappa shape index (κ2) is 5.95. The van der Waals surface area contributed by atoms with Crippen molar-refractivity contribution in [1.29, 1.82) is 0 Å². The van der Waals surface area contributed by atoms with Crippen LogP contribution in [0, 0.1) is 0 Å². The van der Waals surface area contributed by atoms with Crippen molar-refractivity contribution in [3.63, 3.8) is 0 Å². The van der Waals surface area contributed by atoms with Crippen LogP contribution in [0.2, 0.25) is 5.02 Å². The molecule has 0 saturated heterocycles. The van der Waals surface area contributed by atoms with Crippen LogP contribution < -0.4 is 10.1 Å². The van der Waals surface area contributed by atoms with Gasteiger partial charge >= 0.3 is 0 Å². The number of halogens is 1. The Bertz CT molecular complexity index is 317. The molecule has 1 aromatic carbocycles. The van der Waals surface area contributed by atoms with Crippen molar-refractivity contribution >= 4 is 11.6 Å². The van der Waals surface area contributed by atoms with Gasteiger partial charge in [0, 0.05) is 6.54 Å². The first-order valence-electron chi connectivity index (χ1n) is 4.91. The summed E-state index contributed by atoms with van der Waals surface area (Å²) in [7, 11) is 1.57. The van der Waals surface area contributed by atoms with E-state index in [4.69, 9.17) is 16.3 Å². The lowest BCUT2D eigenvalue weighted by Crippen LogP contribution is -2.20. The molecule has 0 radical (unpaired) electrons. The maximum absolute atomic E-state index is 9.78. The summed E-state index contributed by atoms with van der Waals surface area (Å²) in [5.74, 6) is 0.621. The summed E-state index contributed by atoms with van der Waals surface area (Å²) >= 11 is 5.95. The fourth-order valence-corrected chi connectivity index (χ4v) is 1.55. The van der Waals surface area contributed by atoms with Gasteiger partial charge in [-0.2, -0.15) is 0 Å². The quantitative estimate of drug-likeness (QED) is 0.812. The number of aliphatic hydroxyl groups is 1. The van der Waals surface area contributed by atoms with Gasteiger partial charge < -0.3 is 15.2 Å². The fraction of sp³-hybridized carbons (Fsp3) is 0.455. The predicted octanol–water partition coefficient (Wildman–Crippen LogP) is 1.99. The van der Waals surface area contributed by atoms with Crippen LogP contribution in [-0.2, 0) is 0 Å². The van der Waals surface area contributed by atoms with E-state index in [9.17, 15) is 5.11 Å². The summed E-state index contributed by atoms with van der Waals surface area (Å²) in [6, 6.07) is 5.29. The summed E-state index contributed by atoms with van der Waals surface area (Å²) in [6.07, 6.45) is -0.534. The van der Waals surface area contributed by atoms with Gasteiger partial charge in [-0.05, 0) is 24.2 Å². The molecule has 0 aliphatic rings. The van der Waals surface area contributed by atoms with Gasteiger partial charge in [-0.3, -0.25) is 0 Å². The number of hydrogen-bond acceptors (Lipinski definition) is 3. The molecule has 1 rings (SSSR count). The Morgan fingerprint density at radius 2 is 2.27 bits per heavy atom. The Hall–Kier alpha value is -0.770. The standard InChI is InChI=1S/C11H16ClNO2/c1-3-13-7-10(14)8-4-5-11(15-2)9(12)6-8/h4-6,10,13-14H,3,7H2,1-2H3. The Kier molecular flexibility index (Phi) is 4.88. The Morgan fingerprint density at radius 1 is 1.53 bits per heavy atom. The van der Waals surface area contributed by atoms with Crippen LogP contribution in [0.15, 0.2) is 18.2 Å². The first-order valence-corrected chi connectivity index (χ1v) is 5.29. The molecule has 0 aliphatic carbocycles. The summed E-state index contributed by atoms with van der Waals surface area (Å²) in [5.41, 5.74) is 0.793. The zero-order chi connectivity index (χ0) is 11.3. The molecule has 0 aliphatic heterocycles. The SMILES string of the molecule is CCNCC(O)c1ccc(OC)c(Cl)c1. The molecule has 0 amide bonds. The van der Waals surface area contributed by atoms with Crippen LogP contribution in [-0.4, -0.2) is 25.3 Å². The third kappa shape index (κ3) is 3.38. The van der Waals surface area contributed by atoms with E-state index in [1.165, 1.54) is 0 Å². The number of aliphatic hydroxyl groups excluding tert-OH is 1. The second-order valence-electron chi connectivity index (χ2n) is 3.22. The van der Waals surface area contributed by atoms with Crippen LogP contribution in [0.3, 0.4) is 0 Å². The smallest absolute Gasteiger partial charge is 0.137 e. The molecule has 4 heteroatoms. The summed E-state index contributed by atoms with van der Waals surface area (Å²) in [5, 5.41) is 13.4. The van der Waals surface area contributed by atoms with Crippen LogP contribution in [0.5, 0.6) is 5.75 Å². The van der Waals surface area contributed by atoms with Crippen LogP contribution in [0.25, 0.3) is 0 Å². The minimum Gasteiger partial charge on any atom is -0.495 e. The van der Waals surface area contributed by atoms with Crippen molar-refractivity contribution in [2.24, 2.45) is 0 Å². The van der Waals surface area contributed by atoms with E-state index < -0.39 is 6.10 Å². The zero-order valence-corrected chi connectivity index (χ0v) is 9.71. The van der Waals surface area contributed by atoms with Gasteiger partial charge in [0.25, 0.3) is 0 Å². The highest BCUT2D eigenvalue weighted by atomic mass is 35.5. The highest BCUT2D eigenvalue weighted by Crippen LogP contribution is 2.27. The van der Waals surface area contributed by atoms with Gasteiger partial charge in [0.1, 0.15) is 5.75 Å². The largest absolute Gasteiger partial charge is 0.495 e. The molecule has 84 valence electrons. The maximum atomic E-state index is 9.78. The molecule has 1 aromatic rings. The normalized spacial score (nSPS) is 12.5. The first kappa shape index (κ1) is 12.3. The molecule has 15 heavy (non-hydrogen) atoms. The van der Waals surface area contributed by atoms with Crippen LogP contribution >= 0.6 is 11.6 Å². The molecule has 0 bridgehead atoms. The maximum Gasteiger partial charge on any atom is 0.137 e. The van der Waals surface area contributed by atoms with Crippen molar-refractivity contribution in [2.45, 2.75) is 13.0 Å². The summed E-state index contributed by atoms with van der Waals surface area (Å²) < 4.78 is 5.03. The van der Waals surface area contributed by atoms with Gasteiger partial charge in [0.15, 0.2) is 0 Å². The second-order valence-corrected chi connectivity index (χ2v) is 3.62. The summed E-state index contributed by atoms with van der Waals surface area (Å²) in [4.78, 5) is 0. The average Bonchev–Trinajstić information content (AvgIpc) is 2.25. The molecule has 0 saturated carbocycles. The lowest BCUT2D eigenvalue weighted by Gasteiger charge is -2.12. The Balaban J connectivity index is 2.73. The molecule has 0 heterocycles. The Labute approximate surface area is 95.0 Å². The molecule has 1 unspecified atom stereocenters. The van der Waals surface area contributed by atoms with Crippen molar-refractivity contribution < 1.29 is 9.84 Å². The fourth-order valence-electron chi connectivity index (χ4n) is 1.29. The molecular formula is C11H16ClNO2. The highest BCUT2D eigenvalue weighted by molar-refractivity contribution is 6.32. The predicted molar refractivity (Wildman–Crippen MR) is 61.5 cm³/mol. The number of likely N-dealkylation sites (N-methyl/N-ethyl adjacent to an activating group) is 1. The molecule has 0 spiro atoms. The van der Waals surface area contributed by atoms with Crippen molar-refractivity contribution in [3.05, 3.63) is 28.8 Å². The van der Waals surface area contributed by atoms with Crippen LogP contribution in [0.1, 0.15) is 18.6 Å². The van der Waals surface area contributed by atoms with Gasteiger partial charge in [0.05, 0.1) is 18.2 Å². The molecule has 3 nitrogen and oxygen atoms in total. The zero-order valence-electron chi connectivity index (χ0n) is 8.96. The average molecular weight is 230 g/mol. The Morgan fingerprint density at radius 3 is 2.80 bits per heavy atom. The molecule has 1 atom stereocenters. The van der Waals surface area contributed by atoms with Crippen molar-refractivity contribution in [1.82, 2.24) is 5.32 Å². The monoisotopic (exact) mass is 229 g/mol. The number of hydrogen-bond donors (Lipinski definition) is 2. The van der Waals surface area contributed by atoms with E-state index in [0.29, 0.717) is 17.3 Å². The highest BCUT2D eigenvalue weighted by Gasteiger charge is 2.09. The number of methoxy groups -OCH3 is 1. The van der Waals surface area contributed by atoms with Gasteiger partial charge in [-0.25, -0.2) is 0 Å². The topological polar surface area (TPSA) is 41.5 Å². The number of benzene rings is 1. The first-order chi connectivity index (χ1) is 7.19. The van der Waals surface area contributed by atoms with Gasteiger partial charge in [-0.15, -0.1) is 0 Å². The molecule has 0 fully saturated rings. The third-order valence-electron chi connectivity index (χ3n) is 2.15. The van der Waals surface area contributed by atoms with Crippen molar-refractivity contribution in [2.75, 3.05) is 20.2 Å². The minimum atomic E-state index is -0.534. The van der Waals surface area contributed by atoms with E-state index in [1.54, 1.807) is 19.2 Å². The van der Waals surface area contributed by atoms with E-state index in [1.807, 2.05) is 13.0 Å². The number of rotatable bonds is 5. The number of ether oxygens (including phenoxy) is 1. The lowest BCUT2D eigenvalue weighted by atomic mass is 10.1. The van der Waals surface area contributed by atoms with E-state index in [0.717, 1.165) is 12.1 Å². The van der Waals surface area contributed by atoms with Crippen LogP contribution in [0.4, 0.5) is 0 Å². The van der Waals surface area contributed by atoms with E-state index in [2.05, 4.69) is 5.32 Å². The van der Waals surface area contributed by atoms with E-state index >= 15 is 0 Å². The van der Waals surface area contributed by atoms with E-state index in [-0.39, 0.29) is 0 Å². The van der Waals surface area contributed by atoms with Gasteiger partial charge in [-0.1, -0.05) is 24.6 Å². The van der Waals surface area contributed by atoms with Gasteiger partial charge in [0.2, 0.25) is 0 Å². The number of nitrogens with one attached hydrogen (secondary N) is 1. The molecule has 2 N–H and O–H groups in total.